The second kappa shape index (κ2) is 9.74. The fourth-order valence-corrected chi connectivity index (χ4v) is 4.57. The van der Waals surface area contributed by atoms with E-state index in [0.29, 0.717) is 36.0 Å². The van der Waals surface area contributed by atoms with Crippen LogP contribution in [-0.4, -0.2) is 51.0 Å². The average Bonchev–Trinajstić information content (AvgIpc) is 2.91. The lowest BCUT2D eigenvalue weighted by molar-refractivity contribution is -0.171. The van der Waals surface area contributed by atoms with Gasteiger partial charge in [-0.25, -0.2) is 0 Å². The minimum Gasteiger partial charge on any atom is -0.380 e. The molecule has 0 bridgehead atoms. The molecule has 0 radical (unpaired) electrons. The summed E-state index contributed by atoms with van der Waals surface area (Å²) in [5, 5.41) is 7.13. The molecule has 0 aromatic carbocycles. The minimum absolute atomic E-state index is 0. The fraction of sp³-hybridized carbons (Fsp3) is 0.947. The molecule has 3 atom stereocenters. The van der Waals surface area contributed by atoms with Crippen LogP contribution in [0.2, 0.25) is 0 Å². The van der Waals surface area contributed by atoms with Crippen LogP contribution >= 0.6 is 24.0 Å². The molecule has 3 unspecified atom stereocenters. The molecule has 2 saturated carbocycles. The van der Waals surface area contributed by atoms with Crippen LogP contribution in [0.15, 0.2) is 4.99 Å². The van der Waals surface area contributed by atoms with E-state index in [9.17, 15) is 0 Å². The standard InChI is InChI=1S/C19H35N3O2.HI/c1-4-20-18(21-10-13-23-11-6-14(2)3)22-16-15-7-12-24-17(15)19(16)8-5-9-19;/h14-17H,4-13H2,1-3H3,(H2,20,21,22);1H. The van der Waals surface area contributed by atoms with E-state index >= 15 is 0 Å². The zero-order valence-corrected chi connectivity index (χ0v) is 18.4. The molecule has 2 aliphatic carbocycles. The normalized spacial score (nSPS) is 29.6. The van der Waals surface area contributed by atoms with Crippen molar-refractivity contribution in [2.75, 3.05) is 32.9 Å². The Kier molecular flexibility index (Phi) is 8.27. The van der Waals surface area contributed by atoms with Crippen LogP contribution < -0.4 is 10.6 Å². The molecule has 0 aromatic rings. The van der Waals surface area contributed by atoms with Gasteiger partial charge in [0.15, 0.2) is 5.96 Å². The highest BCUT2D eigenvalue weighted by atomic mass is 127. The lowest BCUT2D eigenvalue weighted by atomic mass is 9.46. The van der Waals surface area contributed by atoms with Crippen LogP contribution in [0, 0.1) is 17.3 Å². The van der Waals surface area contributed by atoms with E-state index in [1.165, 1.54) is 25.7 Å². The number of nitrogens with one attached hydrogen (secondary N) is 2. The molecule has 146 valence electrons. The van der Waals surface area contributed by atoms with Gasteiger partial charge in [-0.05, 0) is 38.5 Å². The van der Waals surface area contributed by atoms with Gasteiger partial charge in [0.25, 0.3) is 0 Å². The highest BCUT2D eigenvalue weighted by Gasteiger charge is 2.66. The number of aliphatic imine (C=N–C) groups is 1. The first-order valence-electron chi connectivity index (χ1n) is 9.91. The summed E-state index contributed by atoms with van der Waals surface area (Å²) in [7, 11) is 0. The number of guanidine groups is 1. The molecule has 5 nitrogen and oxygen atoms in total. The van der Waals surface area contributed by atoms with Crippen molar-refractivity contribution in [2.24, 2.45) is 22.2 Å². The molecule has 2 N–H and O–H groups in total. The van der Waals surface area contributed by atoms with Crippen molar-refractivity contribution in [1.82, 2.24) is 10.6 Å². The van der Waals surface area contributed by atoms with Crippen LogP contribution in [0.3, 0.4) is 0 Å². The van der Waals surface area contributed by atoms with Gasteiger partial charge in [-0.15, -0.1) is 24.0 Å². The lowest BCUT2D eigenvalue weighted by Gasteiger charge is -2.63. The van der Waals surface area contributed by atoms with Gasteiger partial charge < -0.3 is 20.1 Å². The summed E-state index contributed by atoms with van der Waals surface area (Å²) < 4.78 is 11.7. The second-order valence-electron chi connectivity index (χ2n) is 8.01. The topological polar surface area (TPSA) is 54.9 Å². The van der Waals surface area contributed by atoms with E-state index in [1.807, 2.05) is 0 Å². The third-order valence-corrected chi connectivity index (χ3v) is 6.02. The van der Waals surface area contributed by atoms with Crippen LogP contribution in [0.4, 0.5) is 0 Å². The first-order chi connectivity index (χ1) is 11.7. The highest BCUT2D eigenvalue weighted by Crippen LogP contribution is 2.62. The molecule has 0 amide bonds. The van der Waals surface area contributed by atoms with E-state index in [1.54, 1.807) is 0 Å². The van der Waals surface area contributed by atoms with Gasteiger partial charge in [0.1, 0.15) is 0 Å². The fourth-order valence-electron chi connectivity index (χ4n) is 4.57. The number of halogens is 1. The van der Waals surface area contributed by atoms with Crippen molar-refractivity contribution in [1.29, 1.82) is 0 Å². The van der Waals surface area contributed by atoms with Crippen LogP contribution in [0.5, 0.6) is 0 Å². The van der Waals surface area contributed by atoms with Crippen LogP contribution in [-0.2, 0) is 9.47 Å². The van der Waals surface area contributed by atoms with E-state index in [-0.39, 0.29) is 24.0 Å². The molecule has 3 fully saturated rings. The summed E-state index contributed by atoms with van der Waals surface area (Å²) in [4.78, 5) is 4.72. The second-order valence-corrected chi connectivity index (χ2v) is 8.01. The summed E-state index contributed by atoms with van der Waals surface area (Å²) in [6, 6.07) is 0.540. The van der Waals surface area contributed by atoms with Gasteiger partial charge in [0.05, 0.1) is 19.3 Å². The summed E-state index contributed by atoms with van der Waals surface area (Å²) in [6.45, 7) is 10.7. The summed E-state index contributed by atoms with van der Waals surface area (Å²) in [5.74, 6) is 2.33. The zero-order valence-electron chi connectivity index (χ0n) is 16.1. The number of nitrogens with zero attached hydrogens (tertiary/aromatic N) is 1. The third kappa shape index (κ3) is 4.61. The minimum atomic E-state index is 0. The van der Waals surface area contributed by atoms with Gasteiger partial charge in [-0.2, -0.15) is 0 Å². The maximum Gasteiger partial charge on any atom is 0.191 e. The van der Waals surface area contributed by atoms with E-state index in [2.05, 4.69) is 31.4 Å². The monoisotopic (exact) mass is 465 g/mol. The van der Waals surface area contributed by atoms with Crippen molar-refractivity contribution in [3.63, 3.8) is 0 Å². The molecular weight excluding hydrogens is 429 g/mol. The molecule has 6 heteroatoms. The van der Waals surface area contributed by atoms with Crippen molar-refractivity contribution in [2.45, 2.75) is 65.0 Å². The Bertz CT molecular complexity index is 440. The van der Waals surface area contributed by atoms with Crippen molar-refractivity contribution >= 4 is 29.9 Å². The Balaban J connectivity index is 0.00000225. The van der Waals surface area contributed by atoms with Gasteiger partial charge in [-0.1, -0.05) is 20.3 Å². The maximum atomic E-state index is 6.01. The van der Waals surface area contributed by atoms with Gasteiger partial charge in [0.2, 0.25) is 0 Å². The van der Waals surface area contributed by atoms with Crippen LogP contribution in [0.1, 0.15) is 52.9 Å². The average molecular weight is 465 g/mol. The highest BCUT2D eigenvalue weighted by molar-refractivity contribution is 14.0. The number of hydrogen-bond acceptors (Lipinski definition) is 3. The van der Waals surface area contributed by atoms with Crippen molar-refractivity contribution in [3.05, 3.63) is 0 Å². The molecular formula is C19H36IN3O2. The van der Waals surface area contributed by atoms with Gasteiger partial charge >= 0.3 is 0 Å². The molecule has 1 saturated heterocycles. The van der Waals surface area contributed by atoms with E-state index < -0.39 is 0 Å². The predicted octanol–water partition coefficient (Wildman–Crippen LogP) is 3.18. The van der Waals surface area contributed by atoms with Gasteiger partial charge in [-0.3, -0.25) is 4.99 Å². The van der Waals surface area contributed by atoms with Crippen LogP contribution in [0.25, 0.3) is 0 Å². The quantitative estimate of drug-likeness (QED) is 0.250. The third-order valence-electron chi connectivity index (χ3n) is 6.02. The Morgan fingerprint density at radius 3 is 2.76 bits per heavy atom. The predicted molar refractivity (Wildman–Crippen MR) is 113 cm³/mol. The number of ether oxygens (including phenoxy) is 2. The SMILES string of the molecule is CCNC(=NCCOCCC(C)C)NC1C2CCOC2C12CCC2.I. The first kappa shape index (κ1) is 21.2. The molecule has 1 spiro atoms. The molecule has 3 rings (SSSR count). The van der Waals surface area contributed by atoms with E-state index in [0.717, 1.165) is 38.7 Å². The zero-order chi connectivity index (χ0) is 17.0. The number of fused-ring (bicyclic) bond motifs is 2. The Morgan fingerprint density at radius 2 is 2.12 bits per heavy atom. The molecule has 1 heterocycles. The Morgan fingerprint density at radius 1 is 1.32 bits per heavy atom. The molecule has 3 aliphatic rings. The van der Waals surface area contributed by atoms with Crippen molar-refractivity contribution in [3.8, 4) is 0 Å². The summed E-state index contributed by atoms with van der Waals surface area (Å²) in [5.41, 5.74) is 0.394. The number of hydrogen-bond donors (Lipinski definition) is 2. The Labute approximate surface area is 170 Å². The largest absolute Gasteiger partial charge is 0.380 e. The van der Waals surface area contributed by atoms with Crippen molar-refractivity contribution < 1.29 is 9.47 Å². The van der Waals surface area contributed by atoms with Gasteiger partial charge in [0, 0.05) is 37.1 Å². The summed E-state index contributed by atoms with van der Waals surface area (Å²) >= 11 is 0. The van der Waals surface area contributed by atoms with E-state index in [4.69, 9.17) is 14.5 Å². The molecule has 25 heavy (non-hydrogen) atoms. The first-order valence-corrected chi connectivity index (χ1v) is 9.91. The smallest absolute Gasteiger partial charge is 0.191 e. The molecule has 1 aliphatic heterocycles. The number of rotatable bonds is 8. The lowest BCUT2D eigenvalue weighted by Crippen LogP contribution is -2.72. The maximum absolute atomic E-state index is 6.01. The molecule has 0 aromatic heterocycles. The Hall–Kier alpha value is -0.0800. The summed E-state index contributed by atoms with van der Waals surface area (Å²) in [6.07, 6.45) is 6.79.